The van der Waals surface area contributed by atoms with E-state index in [1.807, 2.05) is 6.92 Å². The second-order valence-corrected chi connectivity index (χ2v) is 5.76. The molecule has 1 amide bonds. The number of amides is 1. The van der Waals surface area contributed by atoms with Crippen molar-refractivity contribution in [3.63, 3.8) is 0 Å². The highest BCUT2D eigenvalue weighted by atomic mass is 35.5. The molecule has 23 heavy (non-hydrogen) atoms. The van der Waals surface area contributed by atoms with Gasteiger partial charge in [-0.25, -0.2) is 5.43 Å². The first-order valence-electron chi connectivity index (χ1n) is 7.05. The van der Waals surface area contributed by atoms with Gasteiger partial charge in [0.1, 0.15) is 0 Å². The molecule has 0 spiro atoms. The Hall–Kier alpha value is -1.88. The fraction of sp³-hybridized carbons (Fsp3) is 0.176. The van der Waals surface area contributed by atoms with Crippen LogP contribution in [0.25, 0.3) is 0 Å². The molecule has 0 fully saturated rings. The lowest BCUT2D eigenvalue weighted by molar-refractivity contribution is -0.136. The third kappa shape index (κ3) is 3.91. The molecule has 0 aromatic heterocycles. The molecule has 0 radical (unpaired) electrons. The molecule has 0 unspecified atom stereocenters. The Bertz CT molecular complexity index is 652. The van der Waals surface area contributed by atoms with E-state index in [1.165, 1.54) is 0 Å². The van der Waals surface area contributed by atoms with Gasteiger partial charge in [0.2, 0.25) is 0 Å². The third-order valence-electron chi connectivity index (χ3n) is 3.29. The number of benzene rings is 2. The Morgan fingerprint density at radius 3 is 1.91 bits per heavy atom. The maximum absolute atomic E-state index is 12.6. The zero-order chi connectivity index (χ0) is 16.9. The van der Waals surface area contributed by atoms with Crippen LogP contribution in [0.15, 0.2) is 53.6 Å². The van der Waals surface area contributed by atoms with E-state index in [9.17, 15) is 9.90 Å². The first-order valence-corrected chi connectivity index (χ1v) is 7.80. The normalized spacial score (nSPS) is 11.7. The molecule has 2 N–H and O–H groups in total. The zero-order valence-corrected chi connectivity index (χ0v) is 14.0. The molecule has 4 nitrogen and oxygen atoms in total. The molecule has 0 saturated carbocycles. The third-order valence-corrected chi connectivity index (χ3v) is 3.80. The Morgan fingerprint density at radius 1 is 1.09 bits per heavy atom. The van der Waals surface area contributed by atoms with Gasteiger partial charge in [0.15, 0.2) is 5.60 Å². The van der Waals surface area contributed by atoms with Gasteiger partial charge < -0.3 is 5.11 Å². The molecule has 0 bridgehead atoms. The Kier molecular flexibility index (Phi) is 5.77. The fourth-order valence-electron chi connectivity index (χ4n) is 2.09. The van der Waals surface area contributed by atoms with E-state index in [0.29, 0.717) is 27.6 Å². The van der Waals surface area contributed by atoms with Crippen molar-refractivity contribution >= 4 is 35.3 Å². The van der Waals surface area contributed by atoms with Crippen molar-refractivity contribution in [2.75, 3.05) is 0 Å². The number of hydrogen-bond donors (Lipinski definition) is 2. The van der Waals surface area contributed by atoms with Crippen LogP contribution in [0, 0.1) is 0 Å². The number of carbonyl (C=O) groups is 1. The molecule has 2 aromatic carbocycles. The summed E-state index contributed by atoms with van der Waals surface area (Å²) < 4.78 is 0. The molecule has 0 aliphatic heterocycles. The smallest absolute Gasteiger partial charge is 0.281 e. The van der Waals surface area contributed by atoms with Gasteiger partial charge in [-0.1, -0.05) is 54.4 Å². The predicted octanol–water partition coefficient (Wildman–Crippen LogP) is 3.74. The first kappa shape index (κ1) is 17.5. The van der Waals surface area contributed by atoms with Crippen LogP contribution < -0.4 is 5.43 Å². The number of hydrogen-bond acceptors (Lipinski definition) is 3. The maximum Gasteiger partial charge on any atom is 0.281 e. The van der Waals surface area contributed by atoms with Crippen LogP contribution in [0.2, 0.25) is 10.0 Å². The maximum atomic E-state index is 12.6. The number of aliphatic hydroxyl groups is 1. The summed E-state index contributed by atoms with van der Waals surface area (Å²) in [5.74, 6) is -0.660. The average molecular weight is 351 g/mol. The molecule has 0 atom stereocenters. The number of carbonyl (C=O) groups excluding carboxylic acids is 1. The Morgan fingerprint density at radius 2 is 1.52 bits per heavy atom. The second-order valence-electron chi connectivity index (χ2n) is 4.89. The molecular formula is C17H16Cl2N2O2. The van der Waals surface area contributed by atoms with Crippen LogP contribution in [0.3, 0.4) is 0 Å². The van der Waals surface area contributed by atoms with E-state index in [0.717, 1.165) is 0 Å². The van der Waals surface area contributed by atoms with E-state index in [-0.39, 0.29) is 0 Å². The first-order chi connectivity index (χ1) is 11.0. The fourth-order valence-corrected chi connectivity index (χ4v) is 2.34. The number of hydrazone groups is 1. The molecule has 0 heterocycles. The van der Waals surface area contributed by atoms with Gasteiger partial charge >= 0.3 is 0 Å². The van der Waals surface area contributed by atoms with E-state index >= 15 is 0 Å². The SMILES string of the molecule is CCC=NNC(=O)C(O)(c1ccc(Cl)cc1)c1ccc(Cl)cc1. The van der Waals surface area contributed by atoms with Crippen molar-refractivity contribution in [1.82, 2.24) is 5.43 Å². The molecule has 6 heteroatoms. The van der Waals surface area contributed by atoms with Crippen LogP contribution in [0.4, 0.5) is 0 Å². The van der Waals surface area contributed by atoms with Gasteiger partial charge in [-0.15, -0.1) is 0 Å². The highest BCUT2D eigenvalue weighted by Gasteiger charge is 2.40. The molecule has 0 saturated heterocycles. The van der Waals surface area contributed by atoms with Gasteiger partial charge in [-0.3, -0.25) is 4.79 Å². The van der Waals surface area contributed by atoms with Crippen LogP contribution in [-0.2, 0) is 10.4 Å². The quantitative estimate of drug-likeness (QED) is 0.637. The second kappa shape index (κ2) is 7.59. The topological polar surface area (TPSA) is 61.7 Å². The minimum absolute atomic E-state index is 0.383. The minimum Gasteiger partial charge on any atom is -0.372 e. The summed E-state index contributed by atoms with van der Waals surface area (Å²) in [6, 6.07) is 12.8. The summed E-state index contributed by atoms with van der Waals surface area (Å²) in [5.41, 5.74) is 1.23. The molecular weight excluding hydrogens is 335 g/mol. The lowest BCUT2D eigenvalue weighted by atomic mass is 9.85. The molecule has 0 aliphatic carbocycles. The van der Waals surface area contributed by atoms with E-state index < -0.39 is 11.5 Å². The summed E-state index contributed by atoms with van der Waals surface area (Å²) in [4.78, 5) is 12.6. The number of nitrogens with one attached hydrogen (secondary N) is 1. The number of halogens is 2. The standard InChI is InChI=1S/C17H16Cl2N2O2/c1-2-11-20-21-16(22)17(23,12-3-7-14(18)8-4-12)13-5-9-15(19)10-6-13/h3-11,23H,2H2,1H3,(H,21,22). The van der Waals surface area contributed by atoms with E-state index in [4.69, 9.17) is 23.2 Å². The van der Waals surface area contributed by atoms with Gasteiger partial charge in [-0.05, 0) is 41.8 Å². The van der Waals surface area contributed by atoms with Crippen molar-refractivity contribution in [3.8, 4) is 0 Å². The summed E-state index contributed by atoms with van der Waals surface area (Å²) in [5, 5.41) is 16.0. The highest BCUT2D eigenvalue weighted by Crippen LogP contribution is 2.31. The summed E-state index contributed by atoms with van der Waals surface area (Å²) >= 11 is 11.8. The van der Waals surface area contributed by atoms with Gasteiger partial charge in [0, 0.05) is 16.3 Å². The molecule has 2 rings (SSSR count). The summed E-state index contributed by atoms with van der Waals surface area (Å²) in [6.07, 6.45) is 2.21. The van der Waals surface area contributed by atoms with Gasteiger partial charge in [0.05, 0.1) is 0 Å². The van der Waals surface area contributed by atoms with Crippen LogP contribution in [0.1, 0.15) is 24.5 Å². The number of rotatable bonds is 5. The lowest BCUT2D eigenvalue weighted by Gasteiger charge is -2.27. The van der Waals surface area contributed by atoms with Crippen LogP contribution in [0.5, 0.6) is 0 Å². The highest BCUT2D eigenvalue weighted by molar-refractivity contribution is 6.30. The lowest BCUT2D eigenvalue weighted by Crippen LogP contribution is -2.43. The Balaban J connectivity index is 2.49. The molecule has 120 valence electrons. The summed E-state index contributed by atoms with van der Waals surface area (Å²) in [7, 11) is 0. The van der Waals surface area contributed by atoms with Crippen molar-refractivity contribution < 1.29 is 9.90 Å². The van der Waals surface area contributed by atoms with Gasteiger partial charge in [-0.2, -0.15) is 5.10 Å². The van der Waals surface area contributed by atoms with Crippen molar-refractivity contribution in [2.45, 2.75) is 18.9 Å². The minimum atomic E-state index is -1.90. The Labute approximate surface area is 144 Å². The molecule has 0 aliphatic rings. The van der Waals surface area contributed by atoms with Crippen LogP contribution in [-0.4, -0.2) is 17.2 Å². The van der Waals surface area contributed by atoms with E-state index in [1.54, 1.807) is 54.7 Å². The van der Waals surface area contributed by atoms with Crippen molar-refractivity contribution in [2.24, 2.45) is 5.10 Å². The van der Waals surface area contributed by atoms with Crippen molar-refractivity contribution in [1.29, 1.82) is 0 Å². The largest absolute Gasteiger partial charge is 0.372 e. The zero-order valence-electron chi connectivity index (χ0n) is 12.5. The van der Waals surface area contributed by atoms with E-state index in [2.05, 4.69) is 10.5 Å². The average Bonchev–Trinajstić information content (AvgIpc) is 2.55. The van der Waals surface area contributed by atoms with Gasteiger partial charge in [0.25, 0.3) is 5.91 Å². The van der Waals surface area contributed by atoms with Crippen molar-refractivity contribution in [3.05, 3.63) is 69.7 Å². The predicted molar refractivity (Wildman–Crippen MR) is 92.8 cm³/mol. The van der Waals surface area contributed by atoms with Crippen LogP contribution >= 0.6 is 23.2 Å². The number of nitrogens with zero attached hydrogens (tertiary/aromatic N) is 1. The monoisotopic (exact) mass is 350 g/mol. The summed E-state index contributed by atoms with van der Waals surface area (Å²) in [6.45, 7) is 1.89. The molecule has 2 aromatic rings.